The molecular formula is C19H23N3O7S. The summed E-state index contributed by atoms with van der Waals surface area (Å²) >= 11 is 0. The fourth-order valence-electron chi connectivity index (χ4n) is 2.48. The quantitative estimate of drug-likeness (QED) is 0.568. The smallest absolute Gasteiger partial charge is 0.338 e. The first-order valence-corrected chi connectivity index (χ1v) is 10.6. The summed E-state index contributed by atoms with van der Waals surface area (Å²) in [5, 5.41) is 4.42. The van der Waals surface area contributed by atoms with Crippen molar-refractivity contribution < 1.29 is 32.0 Å². The van der Waals surface area contributed by atoms with Crippen LogP contribution in [0.15, 0.2) is 52.0 Å². The van der Waals surface area contributed by atoms with Crippen molar-refractivity contribution in [1.82, 2.24) is 14.9 Å². The molecule has 0 saturated heterocycles. The molecule has 162 valence electrons. The summed E-state index contributed by atoms with van der Waals surface area (Å²) in [6.45, 7) is 3.53. The first-order chi connectivity index (χ1) is 14.3. The minimum Gasteiger partial charge on any atom is -0.467 e. The van der Waals surface area contributed by atoms with Crippen molar-refractivity contribution in [2.75, 3.05) is 19.7 Å². The SMILES string of the molecule is CCN(CC)S(=O)(=O)c1ccc(C(=O)OCC(=O)NC(=O)NCc2ccco2)cc1. The normalized spacial score (nSPS) is 11.2. The number of carbonyl (C=O) groups is 3. The van der Waals surface area contributed by atoms with E-state index in [1.807, 2.05) is 5.32 Å². The maximum absolute atomic E-state index is 12.4. The van der Waals surface area contributed by atoms with Crippen molar-refractivity contribution in [3.63, 3.8) is 0 Å². The van der Waals surface area contributed by atoms with Gasteiger partial charge in [0, 0.05) is 13.1 Å². The summed E-state index contributed by atoms with van der Waals surface area (Å²) < 4.78 is 36.0. The van der Waals surface area contributed by atoms with E-state index in [0.29, 0.717) is 18.8 Å². The van der Waals surface area contributed by atoms with E-state index < -0.39 is 34.5 Å². The van der Waals surface area contributed by atoms with Crippen molar-refractivity contribution >= 4 is 27.9 Å². The van der Waals surface area contributed by atoms with Crippen LogP contribution in [-0.4, -0.2) is 50.3 Å². The fraction of sp³-hybridized carbons (Fsp3) is 0.316. The Balaban J connectivity index is 1.84. The number of ether oxygens (including phenoxy) is 1. The molecule has 2 aromatic rings. The zero-order valence-electron chi connectivity index (χ0n) is 16.6. The van der Waals surface area contributed by atoms with E-state index in [1.165, 1.54) is 34.8 Å². The highest BCUT2D eigenvalue weighted by atomic mass is 32.2. The van der Waals surface area contributed by atoms with Crippen LogP contribution in [0.25, 0.3) is 0 Å². The van der Waals surface area contributed by atoms with Crippen LogP contribution in [0.1, 0.15) is 30.0 Å². The molecule has 0 fully saturated rings. The molecule has 0 aliphatic heterocycles. The molecule has 11 heteroatoms. The number of rotatable bonds is 9. The average Bonchev–Trinajstić information content (AvgIpc) is 3.25. The van der Waals surface area contributed by atoms with Crippen LogP contribution in [0.5, 0.6) is 0 Å². The van der Waals surface area contributed by atoms with Crippen LogP contribution in [-0.2, 0) is 26.1 Å². The number of hydrogen-bond donors (Lipinski definition) is 2. The van der Waals surface area contributed by atoms with Gasteiger partial charge < -0.3 is 14.5 Å². The van der Waals surface area contributed by atoms with Gasteiger partial charge in [-0.15, -0.1) is 0 Å². The molecule has 30 heavy (non-hydrogen) atoms. The maximum atomic E-state index is 12.4. The lowest BCUT2D eigenvalue weighted by molar-refractivity contribution is -0.123. The van der Waals surface area contributed by atoms with Gasteiger partial charge in [0.05, 0.1) is 23.3 Å². The Hall–Kier alpha value is -3.18. The molecular weight excluding hydrogens is 414 g/mol. The van der Waals surface area contributed by atoms with Gasteiger partial charge in [0.15, 0.2) is 6.61 Å². The van der Waals surface area contributed by atoms with Gasteiger partial charge in [-0.3, -0.25) is 10.1 Å². The molecule has 0 spiro atoms. The maximum Gasteiger partial charge on any atom is 0.338 e. The molecule has 0 radical (unpaired) electrons. The van der Waals surface area contributed by atoms with E-state index in [1.54, 1.807) is 26.0 Å². The predicted molar refractivity (Wildman–Crippen MR) is 106 cm³/mol. The van der Waals surface area contributed by atoms with Crippen LogP contribution in [0.4, 0.5) is 4.79 Å². The lowest BCUT2D eigenvalue weighted by Crippen LogP contribution is -2.41. The van der Waals surface area contributed by atoms with Crippen molar-refractivity contribution in [1.29, 1.82) is 0 Å². The molecule has 0 bridgehead atoms. The first kappa shape index (κ1) is 23.1. The number of hydrogen-bond acceptors (Lipinski definition) is 7. The van der Waals surface area contributed by atoms with Gasteiger partial charge in [-0.1, -0.05) is 13.8 Å². The Morgan fingerprint density at radius 2 is 1.73 bits per heavy atom. The number of urea groups is 1. The number of esters is 1. The van der Waals surface area contributed by atoms with Crippen molar-refractivity contribution in [3.8, 4) is 0 Å². The number of sulfonamides is 1. The van der Waals surface area contributed by atoms with Crippen LogP contribution < -0.4 is 10.6 Å². The number of nitrogens with zero attached hydrogens (tertiary/aromatic N) is 1. The topological polar surface area (TPSA) is 135 Å². The van der Waals surface area contributed by atoms with Gasteiger partial charge in [-0.05, 0) is 36.4 Å². The van der Waals surface area contributed by atoms with Gasteiger partial charge in [0.25, 0.3) is 5.91 Å². The van der Waals surface area contributed by atoms with E-state index in [4.69, 9.17) is 9.15 Å². The molecule has 0 unspecified atom stereocenters. The summed E-state index contributed by atoms with van der Waals surface area (Å²) in [5.41, 5.74) is 0.0727. The Labute approximate surface area is 174 Å². The Morgan fingerprint density at radius 1 is 1.07 bits per heavy atom. The molecule has 10 nitrogen and oxygen atoms in total. The van der Waals surface area contributed by atoms with Crippen LogP contribution in [0, 0.1) is 0 Å². The summed E-state index contributed by atoms with van der Waals surface area (Å²) in [5.74, 6) is -1.13. The van der Waals surface area contributed by atoms with Gasteiger partial charge in [-0.2, -0.15) is 4.31 Å². The Bertz CT molecular complexity index is 966. The predicted octanol–water partition coefficient (Wildman–Crippen LogP) is 1.49. The molecule has 0 atom stereocenters. The standard InChI is InChI=1S/C19H23N3O7S/c1-3-22(4-2)30(26,27)16-9-7-14(8-10-16)18(24)29-13-17(23)21-19(25)20-12-15-6-5-11-28-15/h5-11H,3-4,12-13H2,1-2H3,(H2,20,21,23,25). The minimum atomic E-state index is -3.64. The van der Waals surface area contributed by atoms with Crippen LogP contribution in [0.2, 0.25) is 0 Å². The first-order valence-electron chi connectivity index (χ1n) is 9.15. The highest BCUT2D eigenvalue weighted by Crippen LogP contribution is 2.16. The number of benzene rings is 1. The summed E-state index contributed by atoms with van der Waals surface area (Å²) in [6, 6.07) is 7.74. The summed E-state index contributed by atoms with van der Waals surface area (Å²) in [7, 11) is -3.64. The second kappa shape index (κ2) is 10.6. The van der Waals surface area contributed by atoms with E-state index in [0.717, 1.165) is 0 Å². The largest absolute Gasteiger partial charge is 0.467 e. The zero-order chi connectivity index (χ0) is 22.1. The third-order valence-corrected chi connectivity index (χ3v) is 6.09. The summed E-state index contributed by atoms with van der Waals surface area (Å²) in [4.78, 5) is 35.4. The second-order valence-corrected chi connectivity index (χ2v) is 7.94. The molecule has 0 saturated carbocycles. The molecule has 1 aromatic carbocycles. The van der Waals surface area contributed by atoms with Crippen molar-refractivity contribution in [2.45, 2.75) is 25.3 Å². The number of amides is 3. The highest BCUT2D eigenvalue weighted by molar-refractivity contribution is 7.89. The molecule has 2 N–H and O–H groups in total. The zero-order valence-corrected chi connectivity index (χ0v) is 17.4. The Morgan fingerprint density at radius 3 is 2.30 bits per heavy atom. The third kappa shape index (κ3) is 6.16. The summed E-state index contributed by atoms with van der Waals surface area (Å²) in [6.07, 6.45) is 1.45. The molecule has 0 aliphatic carbocycles. The van der Waals surface area contributed by atoms with E-state index in [2.05, 4.69) is 5.32 Å². The monoisotopic (exact) mass is 437 g/mol. The average molecular weight is 437 g/mol. The molecule has 1 heterocycles. The van der Waals surface area contributed by atoms with Gasteiger partial charge in [-0.25, -0.2) is 18.0 Å². The van der Waals surface area contributed by atoms with Crippen molar-refractivity contribution in [3.05, 3.63) is 54.0 Å². The number of furan rings is 1. The van der Waals surface area contributed by atoms with E-state index >= 15 is 0 Å². The third-order valence-electron chi connectivity index (χ3n) is 4.02. The van der Waals surface area contributed by atoms with Crippen molar-refractivity contribution in [2.24, 2.45) is 0 Å². The second-order valence-electron chi connectivity index (χ2n) is 6.00. The molecule has 1 aromatic heterocycles. The van der Waals surface area contributed by atoms with Gasteiger partial charge in [0.1, 0.15) is 5.76 Å². The van der Waals surface area contributed by atoms with Gasteiger partial charge in [0.2, 0.25) is 10.0 Å². The lowest BCUT2D eigenvalue weighted by atomic mass is 10.2. The molecule has 3 amide bonds. The van der Waals surface area contributed by atoms with E-state index in [-0.39, 0.29) is 17.0 Å². The fourth-order valence-corrected chi connectivity index (χ4v) is 3.94. The Kier molecular flexibility index (Phi) is 8.13. The number of nitrogens with one attached hydrogen (secondary N) is 2. The molecule has 2 rings (SSSR count). The van der Waals surface area contributed by atoms with Crippen LogP contribution >= 0.6 is 0 Å². The van der Waals surface area contributed by atoms with Crippen LogP contribution in [0.3, 0.4) is 0 Å². The number of carbonyl (C=O) groups excluding carboxylic acids is 3. The number of imide groups is 1. The highest BCUT2D eigenvalue weighted by Gasteiger charge is 2.22. The van der Waals surface area contributed by atoms with Gasteiger partial charge >= 0.3 is 12.0 Å². The molecule has 0 aliphatic rings. The minimum absolute atomic E-state index is 0.0497. The lowest BCUT2D eigenvalue weighted by Gasteiger charge is -2.18. The van der Waals surface area contributed by atoms with E-state index in [9.17, 15) is 22.8 Å².